The van der Waals surface area contributed by atoms with Crippen LogP contribution in [0.25, 0.3) is 0 Å². The fraction of sp³-hybridized carbons (Fsp3) is 0.353. The second-order valence-corrected chi connectivity index (χ2v) is 6.00. The molecule has 1 aliphatic rings. The molecule has 1 aromatic heterocycles. The second kappa shape index (κ2) is 5.57. The highest BCUT2D eigenvalue weighted by Crippen LogP contribution is 2.36. The largest absolute Gasteiger partial charge is 0.384 e. The third-order valence-corrected chi connectivity index (χ3v) is 4.01. The lowest BCUT2D eigenvalue weighted by atomic mass is 9.96. The van der Waals surface area contributed by atoms with E-state index in [-0.39, 0.29) is 18.3 Å². The van der Waals surface area contributed by atoms with E-state index in [4.69, 9.17) is 0 Å². The quantitative estimate of drug-likeness (QED) is 0.892. The van der Waals surface area contributed by atoms with Crippen molar-refractivity contribution in [3.63, 3.8) is 0 Å². The normalized spacial score (nSPS) is 17.0. The zero-order valence-electron chi connectivity index (χ0n) is 12.4. The summed E-state index contributed by atoms with van der Waals surface area (Å²) in [5.74, 6) is -0.565. The number of nitrogens with one attached hydrogen (secondary N) is 1. The summed E-state index contributed by atoms with van der Waals surface area (Å²) in [6.45, 7) is 1.66. The summed E-state index contributed by atoms with van der Waals surface area (Å²) in [4.78, 5) is 12.3. The van der Waals surface area contributed by atoms with Gasteiger partial charge in [0.25, 0.3) is 5.91 Å². The molecule has 0 spiro atoms. The first-order valence-corrected chi connectivity index (χ1v) is 7.41. The maximum absolute atomic E-state index is 12.9. The van der Waals surface area contributed by atoms with Crippen molar-refractivity contribution in [2.75, 3.05) is 6.54 Å². The number of halogens is 1. The van der Waals surface area contributed by atoms with Crippen LogP contribution in [0.3, 0.4) is 0 Å². The van der Waals surface area contributed by atoms with Crippen molar-refractivity contribution < 1.29 is 14.3 Å². The van der Waals surface area contributed by atoms with E-state index in [9.17, 15) is 14.3 Å². The summed E-state index contributed by atoms with van der Waals surface area (Å²) < 4.78 is 14.9. The van der Waals surface area contributed by atoms with Gasteiger partial charge in [0, 0.05) is 12.2 Å². The lowest BCUT2D eigenvalue weighted by Crippen LogP contribution is -2.39. The highest BCUT2D eigenvalue weighted by molar-refractivity contribution is 5.92. The lowest BCUT2D eigenvalue weighted by Gasteiger charge is -2.24. The number of aromatic nitrogens is 1. The predicted octanol–water partition coefficient (Wildman–Crippen LogP) is 2.60. The number of nitrogens with zero attached hydrogens (tertiary/aromatic N) is 1. The standard InChI is InChI=1S/C17H19FN2O2/c1-17(22,12-4-6-13(18)7-5-12)11-19-16(21)15-3-2-10-20(15)14-8-9-14/h2-7,10,14,22H,8-9,11H2,1H3,(H,19,21). The van der Waals surface area contributed by atoms with Crippen LogP contribution < -0.4 is 5.32 Å². The van der Waals surface area contributed by atoms with Crippen molar-refractivity contribution in [3.05, 3.63) is 59.7 Å². The van der Waals surface area contributed by atoms with Crippen LogP contribution in [0.1, 0.15) is 41.9 Å². The number of rotatable bonds is 5. The molecule has 2 N–H and O–H groups in total. The SMILES string of the molecule is CC(O)(CNC(=O)c1cccn1C1CC1)c1ccc(F)cc1. The molecule has 116 valence electrons. The van der Waals surface area contributed by atoms with Crippen LogP contribution in [0.15, 0.2) is 42.6 Å². The van der Waals surface area contributed by atoms with Gasteiger partial charge in [-0.05, 0) is 49.6 Å². The fourth-order valence-corrected chi connectivity index (χ4v) is 2.51. The summed E-state index contributed by atoms with van der Waals surface area (Å²) in [7, 11) is 0. The predicted molar refractivity (Wildman–Crippen MR) is 81.0 cm³/mol. The van der Waals surface area contributed by atoms with Gasteiger partial charge in [-0.15, -0.1) is 0 Å². The Morgan fingerprint density at radius 2 is 2.05 bits per heavy atom. The second-order valence-electron chi connectivity index (χ2n) is 6.00. The van der Waals surface area contributed by atoms with E-state index in [1.807, 2.05) is 16.8 Å². The Labute approximate surface area is 128 Å². The van der Waals surface area contributed by atoms with Gasteiger partial charge >= 0.3 is 0 Å². The zero-order valence-corrected chi connectivity index (χ0v) is 12.4. The molecule has 0 aliphatic heterocycles. The molecule has 0 radical (unpaired) electrons. The molecule has 0 bridgehead atoms. The van der Waals surface area contributed by atoms with Crippen LogP contribution in [0.5, 0.6) is 0 Å². The molecule has 1 fully saturated rings. The smallest absolute Gasteiger partial charge is 0.268 e. The molecule has 1 saturated carbocycles. The summed E-state index contributed by atoms with van der Waals surface area (Å²) >= 11 is 0. The Bertz CT molecular complexity index is 672. The summed E-state index contributed by atoms with van der Waals surface area (Å²) in [5, 5.41) is 13.2. The molecule has 1 aliphatic carbocycles. The van der Waals surface area contributed by atoms with Gasteiger partial charge in [-0.1, -0.05) is 12.1 Å². The molecule has 1 amide bonds. The minimum atomic E-state index is -1.25. The highest BCUT2D eigenvalue weighted by Gasteiger charge is 2.28. The molecule has 22 heavy (non-hydrogen) atoms. The van der Waals surface area contributed by atoms with Gasteiger partial charge in [-0.3, -0.25) is 4.79 Å². The van der Waals surface area contributed by atoms with Crippen molar-refractivity contribution >= 4 is 5.91 Å². The Morgan fingerprint density at radius 3 is 2.68 bits per heavy atom. The topological polar surface area (TPSA) is 54.3 Å². The van der Waals surface area contributed by atoms with Crippen molar-refractivity contribution in [1.29, 1.82) is 0 Å². The monoisotopic (exact) mass is 302 g/mol. The fourth-order valence-electron chi connectivity index (χ4n) is 2.51. The molecule has 5 heteroatoms. The Morgan fingerprint density at radius 1 is 1.36 bits per heavy atom. The van der Waals surface area contributed by atoms with E-state index < -0.39 is 5.60 Å². The molecular formula is C17H19FN2O2. The minimum Gasteiger partial charge on any atom is -0.384 e. The van der Waals surface area contributed by atoms with Gasteiger partial charge in [0.2, 0.25) is 0 Å². The number of carbonyl (C=O) groups is 1. The molecule has 1 heterocycles. The number of benzene rings is 1. The van der Waals surface area contributed by atoms with Crippen LogP contribution in [-0.4, -0.2) is 22.1 Å². The van der Waals surface area contributed by atoms with Crippen LogP contribution in [0, 0.1) is 5.82 Å². The lowest BCUT2D eigenvalue weighted by molar-refractivity contribution is 0.0523. The van der Waals surface area contributed by atoms with E-state index in [0.717, 1.165) is 12.8 Å². The van der Waals surface area contributed by atoms with Crippen molar-refractivity contribution in [1.82, 2.24) is 9.88 Å². The van der Waals surface area contributed by atoms with Gasteiger partial charge in [0.05, 0.1) is 6.54 Å². The molecule has 1 aromatic carbocycles. The van der Waals surface area contributed by atoms with Gasteiger partial charge < -0.3 is 15.0 Å². The molecule has 2 aromatic rings. The average Bonchev–Trinajstić information content (AvgIpc) is 3.22. The van der Waals surface area contributed by atoms with E-state index in [2.05, 4.69) is 5.32 Å². The highest BCUT2D eigenvalue weighted by atomic mass is 19.1. The molecular weight excluding hydrogens is 283 g/mol. The van der Waals surface area contributed by atoms with Gasteiger partial charge in [-0.25, -0.2) is 4.39 Å². The van der Waals surface area contributed by atoms with Crippen molar-refractivity contribution in [2.45, 2.75) is 31.4 Å². The Hall–Kier alpha value is -2.14. The Kier molecular flexibility index (Phi) is 3.74. The van der Waals surface area contributed by atoms with Crippen molar-refractivity contribution in [3.8, 4) is 0 Å². The van der Waals surface area contributed by atoms with Crippen LogP contribution in [0.4, 0.5) is 4.39 Å². The molecule has 1 atom stereocenters. The number of amides is 1. The third-order valence-electron chi connectivity index (χ3n) is 4.01. The first-order chi connectivity index (χ1) is 10.5. The number of hydrogen-bond donors (Lipinski definition) is 2. The number of hydrogen-bond acceptors (Lipinski definition) is 2. The van der Waals surface area contributed by atoms with E-state index in [0.29, 0.717) is 17.3 Å². The zero-order chi connectivity index (χ0) is 15.7. The number of carbonyl (C=O) groups excluding carboxylic acids is 1. The summed E-state index contributed by atoms with van der Waals surface area (Å²) in [6.07, 6.45) is 4.11. The first-order valence-electron chi connectivity index (χ1n) is 7.41. The van der Waals surface area contributed by atoms with E-state index in [1.165, 1.54) is 24.3 Å². The van der Waals surface area contributed by atoms with Crippen LogP contribution in [-0.2, 0) is 5.60 Å². The maximum atomic E-state index is 12.9. The Balaban J connectivity index is 1.67. The van der Waals surface area contributed by atoms with E-state index in [1.54, 1.807) is 13.0 Å². The summed E-state index contributed by atoms with van der Waals surface area (Å²) in [5.41, 5.74) is -0.0791. The van der Waals surface area contributed by atoms with Gasteiger partial charge in [0.1, 0.15) is 17.1 Å². The van der Waals surface area contributed by atoms with E-state index >= 15 is 0 Å². The van der Waals surface area contributed by atoms with Crippen LogP contribution in [0.2, 0.25) is 0 Å². The molecule has 0 saturated heterocycles. The minimum absolute atomic E-state index is 0.0628. The third kappa shape index (κ3) is 3.04. The maximum Gasteiger partial charge on any atom is 0.268 e. The van der Waals surface area contributed by atoms with Gasteiger partial charge in [0.15, 0.2) is 0 Å². The van der Waals surface area contributed by atoms with Gasteiger partial charge in [-0.2, -0.15) is 0 Å². The molecule has 1 unspecified atom stereocenters. The van der Waals surface area contributed by atoms with Crippen LogP contribution >= 0.6 is 0 Å². The summed E-state index contributed by atoms with van der Waals surface area (Å²) in [6, 6.07) is 9.69. The first kappa shape index (κ1) is 14.8. The number of aliphatic hydroxyl groups is 1. The van der Waals surface area contributed by atoms with Crippen molar-refractivity contribution in [2.24, 2.45) is 0 Å². The molecule has 3 rings (SSSR count). The molecule has 4 nitrogen and oxygen atoms in total. The average molecular weight is 302 g/mol.